The van der Waals surface area contributed by atoms with E-state index < -0.39 is 0 Å². The summed E-state index contributed by atoms with van der Waals surface area (Å²) in [4.78, 5) is 8.91. The first-order valence-corrected chi connectivity index (χ1v) is 7.69. The Morgan fingerprint density at radius 3 is 2.52 bits per heavy atom. The van der Waals surface area contributed by atoms with Gasteiger partial charge in [-0.2, -0.15) is 5.10 Å². The molecule has 1 aromatic heterocycles. The number of methoxy groups -OCH3 is 1. The van der Waals surface area contributed by atoms with Gasteiger partial charge in [0, 0.05) is 11.1 Å². The van der Waals surface area contributed by atoms with Crippen LogP contribution in [0.15, 0.2) is 59.7 Å². The molecule has 0 fully saturated rings. The SMILES string of the molecule is COc1cccc(/C(=N\N)c2cc(-c3ccccc3)nc(C)n2)c1O. The van der Waals surface area contributed by atoms with E-state index in [0.717, 1.165) is 11.3 Å². The largest absolute Gasteiger partial charge is 0.504 e. The predicted octanol–water partition coefficient (Wildman–Crippen LogP) is 2.88. The second-order valence-corrected chi connectivity index (χ2v) is 5.39. The molecule has 0 aliphatic rings. The van der Waals surface area contributed by atoms with Crippen LogP contribution in [0.3, 0.4) is 0 Å². The number of nitrogens with two attached hydrogens (primary N) is 1. The molecule has 0 atom stereocenters. The van der Waals surface area contributed by atoms with Crippen molar-refractivity contribution in [2.45, 2.75) is 6.92 Å². The van der Waals surface area contributed by atoms with Gasteiger partial charge in [-0.15, -0.1) is 0 Å². The van der Waals surface area contributed by atoms with Crippen molar-refractivity contribution in [1.29, 1.82) is 0 Å². The van der Waals surface area contributed by atoms with Crippen LogP contribution in [0.5, 0.6) is 11.5 Å². The van der Waals surface area contributed by atoms with Gasteiger partial charge in [-0.25, -0.2) is 9.97 Å². The van der Waals surface area contributed by atoms with Crippen LogP contribution in [0.2, 0.25) is 0 Å². The number of aromatic nitrogens is 2. The molecule has 3 rings (SSSR count). The molecule has 0 spiro atoms. The smallest absolute Gasteiger partial charge is 0.167 e. The summed E-state index contributed by atoms with van der Waals surface area (Å²) in [5, 5.41) is 14.3. The molecular weight excluding hydrogens is 316 g/mol. The van der Waals surface area contributed by atoms with Crippen molar-refractivity contribution in [3.8, 4) is 22.8 Å². The maximum Gasteiger partial charge on any atom is 0.167 e. The Labute approximate surface area is 145 Å². The summed E-state index contributed by atoms with van der Waals surface area (Å²) in [5.41, 5.74) is 3.04. The number of aromatic hydroxyl groups is 1. The molecule has 25 heavy (non-hydrogen) atoms. The molecule has 0 saturated carbocycles. The third kappa shape index (κ3) is 3.28. The van der Waals surface area contributed by atoms with E-state index in [9.17, 15) is 5.11 Å². The van der Waals surface area contributed by atoms with Gasteiger partial charge in [-0.05, 0) is 25.1 Å². The van der Waals surface area contributed by atoms with Crippen molar-refractivity contribution in [1.82, 2.24) is 9.97 Å². The van der Waals surface area contributed by atoms with Crippen LogP contribution in [0.25, 0.3) is 11.3 Å². The van der Waals surface area contributed by atoms with Crippen molar-refractivity contribution in [3.63, 3.8) is 0 Å². The van der Waals surface area contributed by atoms with Gasteiger partial charge in [0.05, 0.1) is 18.5 Å². The molecule has 126 valence electrons. The van der Waals surface area contributed by atoms with E-state index in [1.165, 1.54) is 7.11 Å². The number of phenolic OH excluding ortho intramolecular Hbond substituents is 1. The zero-order chi connectivity index (χ0) is 17.8. The fourth-order valence-electron chi connectivity index (χ4n) is 2.60. The van der Waals surface area contributed by atoms with E-state index in [4.69, 9.17) is 10.6 Å². The number of benzene rings is 2. The molecule has 0 unspecified atom stereocenters. The van der Waals surface area contributed by atoms with Crippen LogP contribution < -0.4 is 10.6 Å². The highest BCUT2D eigenvalue weighted by molar-refractivity contribution is 6.13. The second-order valence-electron chi connectivity index (χ2n) is 5.39. The Morgan fingerprint density at radius 1 is 1.08 bits per heavy atom. The molecule has 0 amide bonds. The maximum atomic E-state index is 10.4. The van der Waals surface area contributed by atoms with Gasteiger partial charge in [0.25, 0.3) is 0 Å². The van der Waals surface area contributed by atoms with Gasteiger partial charge < -0.3 is 15.7 Å². The fraction of sp³-hybridized carbons (Fsp3) is 0.105. The number of hydrogen-bond acceptors (Lipinski definition) is 6. The summed E-state index contributed by atoms with van der Waals surface area (Å²) in [6.45, 7) is 1.80. The third-order valence-electron chi connectivity index (χ3n) is 3.75. The summed E-state index contributed by atoms with van der Waals surface area (Å²) in [5.74, 6) is 6.50. The Morgan fingerprint density at radius 2 is 1.84 bits per heavy atom. The number of rotatable bonds is 4. The fourth-order valence-corrected chi connectivity index (χ4v) is 2.60. The number of aryl methyl sites for hydroxylation is 1. The van der Waals surface area contributed by atoms with Crippen LogP contribution >= 0.6 is 0 Å². The van der Waals surface area contributed by atoms with E-state index in [1.807, 2.05) is 30.3 Å². The van der Waals surface area contributed by atoms with Gasteiger partial charge in [0.1, 0.15) is 11.5 Å². The molecule has 0 bridgehead atoms. The van der Waals surface area contributed by atoms with Crippen LogP contribution in [0.4, 0.5) is 0 Å². The first kappa shape index (κ1) is 16.4. The number of hydrogen-bond donors (Lipinski definition) is 2. The maximum absolute atomic E-state index is 10.4. The Balaban J connectivity index is 2.13. The first-order valence-electron chi connectivity index (χ1n) is 7.69. The lowest BCUT2D eigenvalue weighted by molar-refractivity contribution is 0.373. The Kier molecular flexibility index (Phi) is 4.61. The molecule has 6 heteroatoms. The molecule has 6 nitrogen and oxygen atoms in total. The van der Waals surface area contributed by atoms with Crippen molar-refractivity contribution >= 4 is 5.71 Å². The molecule has 1 heterocycles. The van der Waals surface area contributed by atoms with Gasteiger partial charge in [-0.3, -0.25) is 0 Å². The third-order valence-corrected chi connectivity index (χ3v) is 3.75. The van der Waals surface area contributed by atoms with Gasteiger partial charge in [0.2, 0.25) is 0 Å². The minimum absolute atomic E-state index is 0.0354. The highest BCUT2D eigenvalue weighted by atomic mass is 16.5. The molecule has 0 radical (unpaired) electrons. The van der Waals surface area contributed by atoms with Crippen molar-refractivity contribution in [2.24, 2.45) is 10.9 Å². The number of phenols is 1. The molecule has 3 aromatic rings. The molecular formula is C19H18N4O2. The number of para-hydroxylation sites is 1. The molecule has 0 saturated heterocycles. The van der Waals surface area contributed by atoms with Crippen LogP contribution in [-0.4, -0.2) is 27.9 Å². The second kappa shape index (κ2) is 7.00. The van der Waals surface area contributed by atoms with Gasteiger partial charge >= 0.3 is 0 Å². The van der Waals surface area contributed by atoms with E-state index in [0.29, 0.717) is 28.5 Å². The minimum atomic E-state index is -0.0354. The average Bonchev–Trinajstić information content (AvgIpc) is 2.64. The lowest BCUT2D eigenvalue weighted by Crippen LogP contribution is -2.11. The normalized spacial score (nSPS) is 11.4. The van der Waals surface area contributed by atoms with E-state index in [1.54, 1.807) is 31.2 Å². The number of nitrogens with zero attached hydrogens (tertiary/aromatic N) is 3. The lowest BCUT2D eigenvalue weighted by atomic mass is 10.0. The summed E-state index contributed by atoms with van der Waals surface area (Å²) in [6.07, 6.45) is 0. The molecule has 3 N–H and O–H groups in total. The average molecular weight is 334 g/mol. The topological polar surface area (TPSA) is 93.6 Å². The molecule has 0 aliphatic carbocycles. The van der Waals surface area contributed by atoms with Gasteiger partial charge in [-0.1, -0.05) is 36.4 Å². The van der Waals surface area contributed by atoms with Crippen LogP contribution in [-0.2, 0) is 0 Å². The van der Waals surface area contributed by atoms with Crippen LogP contribution in [0.1, 0.15) is 17.1 Å². The summed E-state index contributed by atoms with van der Waals surface area (Å²) in [6, 6.07) is 16.7. The molecule has 0 aliphatic heterocycles. The summed E-state index contributed by atoms with van der Waals surface area (Å²) >= 11 is 0. The van der Waals surface area contributed by atoms with E-state index in [2.05, 4.69) is 15.1 Å². The zero-order valence-corrected chi connectivity index (χ0v) is 14.0. The predicted molar refractivity (Wildman–Crippen MR) is 96.7 cm³/mol. The summed E-state index contributed by atoms with van der Waals surface area (Å²) in [7, 11) is 1.49. The van der Waals surface area contributed by atoms with Crippen molar-refractivity contribution in [3.05, 3.63) is 71.7 Å². The number of ether oxygens (including phenoxy) is 1. The quantitative estimate of drug-likeness (QED) is 0.435. The van der Waals surface area contributed by atoms with Crippen LogP contribution in [0, 0.1) is 6.92 Å². The standard InChI is InChI=1S/C19H18N4O2/c1-12-21-15(13-7-4-3-5-8-13)11-16(22-12)18(23-20)14-9-6-10-17(25-2)19(14)24/h3-11,24H,20H2,1-2H3/b23-18+. The Hall–Kier alpha value is -3.41. The van der Waals surface area contributed by atoms with E-state index >= 15 is 0 Å². The number of hydrazone groups is 1. The highest BCUT2D eigenvalue weighted by Gasteiger charge is 2.17. The zero-order valence-electron chi connectivity index (χ0n) is 14.0. The van der Waals surface area contributed by atoms with Crippen molar-refractivity contribution < 1.29 is 9.84 Å². The minimum Gasteiger partial charge on any atom is -0.504 e. The van der Waals surface area contributed by atoms with Gasteiger partial charge in [0.15, 0.2) is 11.5 Å². The Bertz CT molecular complexity index is 924. The highest BCUT2D eigenvalue weighted by Crippen LogP contribution is 2.31. The van der Waals surface area contributed by atoms with E-state index in [-0.39, 0.29) is 5.75 Å². The summed E-state index contributed by atoms with van der Waals surface area (Å²) < 4.78 is 5.15. The molecule has 2 aromatic carbocycles. The first-order chi connectivity index (χ1) is 12.1. The van der Waals surface area contributed by atoms with Crippen molar-refractivity contribution in [2.75, 3.05) is 7.11 Å². The monoisotopic (exact) mass is 334 g/mol. The lowest BCUT2D eigenvalue weighted by Gasteiger charge is -2.12.